The van der Waals surface area contributed by atoms with E-state index in [0.717, 1.165) is 38.2 Å². The van der Waals surface area contributed by atoms with Crippen LogP contribution in [-0.4, -0.2) is 71.5 Å². The Balaban J connectivity index is 1.51. The molecule has 1 aromatic heterocycles. The van der Waals surface area contributed by atoms with Crippen LogP contribution in [0.1, 0.15) is 25.5 Å². The van der Waals surface area contributed by atoms with Crippen LogP contribution in [0.4, 0.5) is 19.1 Å². The molecule has 0 radical (unpaired) electrons. The van der Waals surface area contributed by atoms with Crippen molar-refractivity contribution in [3.05, 3.63) is 18.0 Å². The summed E-state index contributed by atoms with van der Waals surface area (Å²) in [6, 6.07) is 0.873. The van der Waals surface area contributed by atoms with Gasteiger partial charge in [-0.2, -0.15) is 13.2 Å². The Bertz CT molecular complexity index is 623. The average molecular weight is 371 g/mol. The molecule has 0 spiro atoms. The number of piperazine rings is 1. The van der Waals surface area contributed by atoms with Gasteiger partial charge in [-0.3, -0.25) is 9.69 Å². The molecule has 0 atom stereocenters. The van der Waals surface area contributed by atoms with Gasteiger partial charge in [0, 0.05) is 45.5 Å². The van der Waals surface area contributed by atoms with Gasteiger partial charge in [-0.25, -0.2) is 9.97 Å². The molecule has 1 aromatic rings. The third-order valence-corrected chi connectivity index (χ3v) is 5.08. The van der Waals surface area contributed by atoms with Crippen molar-refractivity contribution in [3.63, 3.8) is 0 Å². The number of carbonyl (C=O) groups excluding carboxylic acids is 1. The maximum atomic E-state index is 12.8. The van der Waals surface area contributed by atoms with E-state index in [1.54, 1.807) is 4.90 Å². The highest BCUT2D eigenvalue weighted by molar-refractivity contribution is 5.78. The van der Waals surface area contributed by atoms with Crippen molar-refractivity contribution in [2.75, 3.05) is 50.7 Å². The van der Waals surface area contributed by atoms with Gasteiger partial charge in [-0.05, 0) is 24.8 Å². The van der Waals surface area contributed by atoms with Gasteiger partial charge in [-0.15, -0.1) is 0 Å². The monoisotopic (exact) mass is 371 g/mol. The molecule has 3 rings (SSSR count). The maximum Gasteiger partial charge on any atom is 0.433 e. The summed E-state index contributed by atoms with van der Waals surface area (Å²) in [5, 5.41) is 0. The summed E-state index contributed by atoms with van der Waals surface area (Å²) >= 11 is 0. The largest absolute Gasteiger partial charge is 0.433 e. The maximum absolute atomic E-state index is 12.8. The van der Waals surface area contributed by atoms with Crippen LogP contribution in [0.2, 0.25) is 0 Å². The van der Waals surface area contributed by atoms with Gasteiger partial charge in [0.15, 0.2) is 0 Å². The number of hydrogen-bond acceptors (Lipinski definition) is 5. The van der Waals surface area contributed by atoms with Crippen LogP contribution in [-0.2, 0) is 11.0 Å². The van der Waals surface area contributed by atoms with E-state index in [1.165, 1.54) is 0 Å². The van der Waals surface area contributed by atoms with Gasteiger partial charge in [0.2, 0.25) is 11.9 Å². The first-order valence-electron chi connectivity index (χ1n) is 8.98. The Hall–Kier alpha value is -1.90. The molecule has 26 heavy (non-hydrogen) atoms. The topological polar surface area (TPSA) is 52.6 Å². The Labute approximate surface area is 151 Å². The fourth-order valence-electron chi connectivity index (χ4n) is 3.31. The molecule has 2 fully saturated rings. The second-order valence-electron chi connectivity index (χ2n) is 7.07. The first kappa shape index (κ1) is 18.9. The van der Waals surface area contributed by atoms with Gasteiger partial charge >= 0.3 is 6.18 Å². The highest BCUT2D eigenvalue weighted by Crippen LogP contribution is 2.28. The third kappa shape index (κ3) is 4.63. The highest BCUT2D eigenvalue weighted by atomic mass is 19.4. The Morgan fingerprint density at radius 2 is 1.81 bits per heavy atom. The predicted molar refractivity (Wildman–Crippen MR) is 90.7 cm³/mol. The average Bonchev–Trinajstić information content (AvgIpc) is 2.62. The molecule has 0 N–H and O–H groups in total. The number of likely N-dealkylation sites (tertiary alicyclic amines) is 1. The molecule has 6 nitrogen and oxygen atoms in total. The van der Waals surface area contributed by atoms with Gasteiger partial charge in [-0.1, -0.05) is 6.92 Å². The molecular weight excluding hydrogens is 347 g/mol. The number of anilines is 1. The second-order valence-corrected chi connectivity index (χ2v) is 7.07. The number of piperidine rings is 1. The molecule has 1 amide bonds. The Morgan fingerprint density at radius 3 is 2.42 bits per heavy atom. The van der Waals surface area contributed by atoms with Crippen molar-refractivity contribution >= 4 is 11.9 Å². The summed E-state index contributed by atoms with van der Waals surface area (Å²) in [5.74, 6) is 0.909. The molecule has 144 valence electrons. The third-order valence-electron chi connectivity index (χ3n) is 5.08. The minimum Gasteiger partial charge on any atom is -0.342 e. The van der Waals surface area contributed by atoms with Crippen molar-refractivity contribution in [1.82, 2.24) is 19.8 Å². The summed E-state index contributed by atoms with van der Waals surface area (Å²) in [5.41, 5.74) is -0.931. The zero-order valence-corrected chi connectivity index (χ0v) is 14.9. The summed E-state index contributed by atoms with van der Waals surface area (Å²) in [4.78, 5) is 25.7. The quantitative estimate of drug-likeness (QED) is 0.812. The highest BCUT2D eigenvalue weighted by Gasteiger charge is 2.33. The molecule has 3 heterocycles. The van der Waals surface area contributed by atoms with Crippen molar-refractivity contribution in [2.45, 2.75) is 25.9 Å². The molecule has 0 bridgehead atoms. The molecule has 9 heteroatoms. The van der Waals surface area contributed by atoms with Crippen LogP contribution in [0.15, 0.2) is 12.3 Å². The second kappa shape index (κ2) is 7.77. The van der Waals surface area contributed by atoms with Gasteiger partial charge in [0.05, 0.1) is 6.54 Å². The molecule has 0 saturated carbocycles. The molecule has 0 aromatic carbocycles. The number of amides is 1. The summed E-state index contributed by atoms with van der Waals surface area (Å²) in [6.45, 7) is 6.43. The predicted octanol–water partition coefficient (Wildman–Crippen LogP) is 1.88. The number of halogens is 3. The van der Waals surface area contributed by atoms with Crippen LogP contribution < -0.4 is 4.90 Å². The minimum atomic E-state index is -4.47. The van der Waals surface area contributed by atoms with E-state index in [2.05, 4.69) is 16.9 Å². The van der Waals surface area contributed by atoms with Crippen LogP contribution in [0, 0.1) is 5.92 Å². The first-order chi connectivity index (χ1) is 12.3. The number of aromatic nitrogens is 2. The summed E-state index contributed by atoms with van der Waals surface area (Å²) < 4.78 is 38.3. The van der Waals surface area contributed by atoms with E-state index >= 15 is 0 Å². The zero-order chi connectivity index (χ0) is 18.7. The lowest BCUT2D eigenvalue weighted by molar-refractivity contribution is -0.141. The van der Waals surface area contributed by atoms with Gasteiger partial charge in [0.25, 0.3) is 0 Å². The van der Waals surface area contributed by atoms with Crippen LogP contribution in [0.5, 0.6) is 0 Å². The first-order valence-corrected chi connectivity index (χ1v) is 8.98. The Kier molecular flexibility index (Phi) is 5.64. The number of alkyl halides is 3. The lowest BCUT2D eigenvalue weighted by Gasteiger charge is -2.36. The number of nitrogens with zero attached hydrogens (tertiary/aromatic N) is 5. The molecule has 0 aliphatic carbocycles. The normalized spacial score (nSPS) is 20.5. The van der Waals surface area contributed by atoms with Gasteiger partial charge in [0.1, 0.15) is 5.69 Å². The van der Waals surface area contributed by atoms with Crippen molar-refractivity contribution < 1.29 is 18.0 Å². The van der Waals surface area contributed by atoms with E-state index in [-0.39, 0.29) is 11.9 Å². The fraction of sp³-hybridized carbons (Fsp3) is 0.706. The number of rotatable bonds is 3. The van der Waals surface area contributed by atoms with E-state index in [1.807, 2.05) is 9.80 Å². The zero-order valence-electron chi connectivity index (χ0n) is 14.9. The lowest BCUT2D eigenvalue weighted by atomic mass is 9.99. The van der Waals surface area contributed by atoms with E-state index < -0.39 is 11.9 Å². The van der Waals surface area contributed by atoms with Crippen LogP contribution in [0.25, 0.3) is 0 Å². The fourth-order valence-corrected chi connectivity index (χ4v) is 3.31. The van der Waals surface area contributed by atoms with E-state index in [0.29, 0.717) is 38.6 Å². The summed E-state index contributed by atoms with van der Waals surface area (Å²) in [6.07, 6.45) is -1.24. The van der Waals surface area contributed by atoms with Crippen LogP contribution in [0.3, 0.4) is 0 Å². The SMILES string of the molecule is CC1CCN(C(=O)CN2CCN(c3nccc(C(F)(F)F)n3)CC2)CC1. The minimum absolute atomic E-state index is 0.0934. The molecular formula is C17H24F3N5O. The molecule has 0 unspecified atom stereocenters. The van der Waals surface area contributed by atoms with Crippen LogP contribution >= 0.6 is 0 Å². The number of hydrogen-bond donors (Lipinski definition) is 0. The van der Waals surface area contributed by atoms with E-state index in [4.69, 9.17) is 0 Å². The lowest BCUT2D eigenvalue weighted by Crippen LogP contribution is -2.51. The molecule has 2 saturated heterocycles. The van der Waals surface area contributed by atoms with Crippen molar-refractivity contribution in [2.24, 2.45) is 5.92 Å². The molecule has 2 aliphatic heterocycles. The number of carbonyl (C=O) groups is 1. The standard InChI is InChI=1S/C17H24F3N5O/c1-13-3-6-24(7-4-13)15(26)12-23-8-10-25(11-9-23)16-21-5-2-14(22-16)17(18,19)20/h2,5,13H,3-4,6-12H2,1H3. The smallest absolute Gasteiger partial charge is 0.342 e. The van der Waals surface area contributed by atoms with Crippen molar-refractivity contribution in [3.8, 4) is 0 Å². The summed E-state index contributed by atoms with van der Waals surface area (Å²) in [7, 11) is 0. The Morgan fingerprint density at radius 1 is 1.15 bits per heavy atom. The van der Waals surface area contributed by atoms with Crippen molar-refractivity contribution in [1.29, 1.82) is 0 Å². The molecule has 2 aliphatic rings. The van der Waals surface area contributed by atoms with Gasteiger partial charge < -0.3 is 9.80 Å². The van der Waals surface area contributed by atoms with E-state index in [9.17, 15) is 18.0 Å².